The number of nitrogens with zero attached hydrogens (tertiary/aromatic N) is 1. The second-order valence-electron chi connectivity index (χ2n) is 21.7. The summed E-state index contributed by atoms with van der Waals surface area (Å²) in [4.78, 5) is 25.1. The highest BCUT2D eigenvalue weighted by Crippen LogP contribution is 2.26. The molecule has 450 valence electrons. The minimum atomic E-state index is -3.34. The van der Waals surface area contributed by atoms with Crippen LogP contribution in [0.2, 0.25) is 0 Å². The first-order chi connectivity index (χ1) is 39.9. The van der Waals surface area contributed by atoms with Crippen LogP contribution in [-0.2, 0) is 19.4 Å². The molecule has 0 fully saturated rings. The van der Waals surface area contributed by atoms with Crippen LogP contribution < -0.4 is 0 Å². The van der Waals surface area contributed by atoms with Gasteiger partial charge in [0.05, 0.1) is 16.0 Å². The number of carbonyl (C=O) groups is 2. The predicted molar refractivity (Wildman–Crippen MR) is 374 cm³/mol. The number of para-hydroxylation sites is 1. The van der Waals surface area contributed by atoms with Crippen molar-refractivity contribution in [1.29, 1.82) is 0 Å². The van der Waals surface area contributed by atoms with Crippen molar-refractivity contribution in [1.82, 2.24) is 4.98 Å². The molecule has 0 saturated carbocycles. The molecule has 7 heteroatoms. The van der Waals surface area contributed by atoms with Crippen molar-refractivity contribution in [2.45, 2.75) is 161 Å². The monoisotopic (exact) mass is 1170 g/mol. The molecule has 1 aromatic heterocycles. The Labute approximate surface area is 514 Å². The summed E-state index contributed by atoms with van der Waals surface area (Å²) in [7, 11) is -3.34. The van der Waals surface area contributed by atoms with Crippen LogP contribution in [0.5, 0.6) is 0 Å². The lowest BCUT2D eigenvalue weighted by Gasteiger charge is -2.00. The van der Waals surface area contributed by atoms with E-state index in [4.69, 9.17) is 0 Å². The van der Waals surface area contributed by atoms with Gasteiger partial charge in [-0.3, -0.25) is 9.59 Å². The minimum Gasteiger partial charge on any atom is -0.298 e. The van der Waals surface area contributed by atoms with Crippen molar-refractivity contribution in [3.8, 4) is 0 Å². The maximum Gasteiger partial charge on any atom is 0.210 e. The van der Waals surface area contributed by atoms with E-state index in [0.29, 0.717) is 11.1 Å². The highest BCUT2D eigenvalue weighted by atomic mass is 32.2. The van der Waals surface area contributed by atoms with E-state index >= 15 is 0 Å². The van der Waals surface area contributed by atoms with E-state index in [1.165, 1.54) is 61.5 Å². The SMILES string of the molecule is CC(C)=CCC/C(C)=C/C=C/C(C)=C/C=C/C(C)=C/C=C/C=C(C)/C=C/C=C(C)/C=C/C=C(\C)CCC=C(C)C.CC(C)=CCC/C(C)=C/CS(=O)(=O)c1nc2ccccc2s1.C\C(C=O)=C/C=C/C(C)=C/C=C/C=C(C)/C=C/C=C(\C)C=O. The zero-order chi connectivity index (χ0) is 63.1. The number of allylic oxidation sites excluding steroid dienone is 43. The van der Waals surface area contributed by atoms with Crippen molar-refractivity contribution in [2.24, 2.45) is 0 Å². The molecule has 5 nitrogen and oxygen atoms in total. The quantitative estimate of drug-likeness (QED) is 0.0337. The summed E-state index contributed by atoms with van der Waals surface area (Å²) in [6.07, 6.45) is 69.8. The number of aldehydes is 2. The Kier molecular flexibility index (Phi) is 43.0. The number of rotatable bonds is 30. The predicted octanol–water partition coefficient (Wildman–Crippen LogP) is 22.5. The molecule has 0 aliphatic carbocycles. The van der Waals surface area contributed by atoms with Crippen molar-refractivity contribution < 1.29 is 18.0 Å². The van der Waals surface area contributed by atoms with Crippen LogP contribution in [0.3, 0.4) is 0 Å². The molecule has 2 rings (SSSR count). The Morgan fingerprint density at radius 1 is 0.381 bits per heavy atom. The van der Waals surface area contributed by atoms with Crippen LogP contribution in [0.1, 0.15) is 156 Å². The Hall–Kier alpha value is -7.32. The standard InChI is InChI=1S/C40H56.C20H24O2.C17H21NO2S2/c1-33(2)19-13-23-37(7)27-17-31-39(9)29-15-25-35(5)21-11-12-22-36(6)26-16-30-40(10)32-18-28-38(8)24-14-20-34(3)4;1-17(11-7-13-19(3)15-21)9-5-6-10-18(2)12-8-14-20(4)16-22;1-13(2)7-6-8-14(3)11-12-22(19,20)17-18-15-9-4-5-10-16(15)21-17/h11-12,15-22,25-32H,13-14,23-24H2,1-10H3;5-16H,1-4H3;4-5,7,9-11H,6,8,12H2,1-3H3/b12-11+,25-15+,26-16+,31-17+,32-18+,35-21+,36-22+,37-27+,38-28+,39-29+,40-30+;6-5+,11-7+,12-8+,17-9+,18-10+,19-13+,20-14+;14-11+. The van der Waals surface area contributed by atoms with Gasteiger partial charge in [-0.2, -0.15) is 0 Å². The van der Waals surface area contributed by atoms with Crippen LogP contribution in [0.4, 0.5) is 0 Å². The fourth-order valence-electron chi connectivity index (χ4n) is 6.72. The Bertz CT molecular complexity index is 3030. The molecule has 1 aromatic carbocycles. The number of fused-ring (bicyclic) bond motifs is 1. The van der Waals surface area contributed by atoms with Gasteiger partial charge in [0.1, 0.15) is 12.6 Å². The second kappa shape index (κ2) is 47.1. The van der Waals surface area contributed by atoms with E-state index in [1.807, 2.05) is 93.6 Å². The number of sulfone groups is 1. The number of thiazole rings is 1. The van der Waals surface area contributed by atoms with Gasteiger partial charge in [-0.05, 0) is 180 Å². The van der Waals surface area contributed by atoms with E-state index in [9.17, 15) is 18.0 Å². The van der Waals surface area contributed by atoms with Gasteiger partial charge in [0, 0.05) is 0 Å². The first kappa shape index (κ1) is 76.7. The smallest absolute Gasteiger partial charge is 0.210 e. The molecule has 0 N–H and O–H groups in total. The van der Waals surface area contributed by atoms with Gasteiger partial charge in [-0.25, -0.2) is 13.4 Å². The topological polar surface area (TPSA) is 81.2 Å². The van der Waals surface area contributed by atoms with Gasteiger partial charge in [-0.15, -0.1) is 11.3 Å². The third-order valence-electron chi connectivity index (χ3n) is 11.8. The molecule has 0 spiro atoms. The zero-order valence-electron chi connectivity index (χ0n) is 54.1. The first-order valence-corrected chi connectivity index (χ1v) is 31.5. The molecule has 0 aliphatic rings. The molecule has 1 heterocycles. The maximum absolute atomic E-state index is 12.4. The molecule has 2 aromatic rings. The van der Waals surface area contributed by atoms with Crippen LogP contribution in [0, 0.1) is 0 Å². The summed E-state index contributed by atoms with van der Waals surface area (Å²) in [6, 6.07) is 7.49. The van der Waals surface area contributed by atoms with Gasteiger partial charge in [-0.1, -0.05) is 261 Å². The summed E-state index contributed by atoms with van der Waals surface area (Å²) in [5.74, 6) is 0.0213. The number of hydrogen-bond donors (Lipinski definition) is 0. The zero-order valence-corrected chi connectivity index (χ0v) is 55.8. The van der Waals surface area contributed by atoms with E-state index in [2.05, 4.69) is 204 Å². The Morgan fingerprint density at radius 3 is 1.00 bits per heavy atom. The van der Waals surface area contributed by atoms with Gasteiger partial charge in [0.15, 0.2) is 0 Å². The van der Waals surface area contributed by atoms with Gasteiger partial charge >= 0.3 is 0 Å². The van der Waals surface area contributed by atoms with Crippen LogP contribution in [-0.4, -0.2) is 31.7 Å². The van der Waals surface area contributed by atoms with Gasteiger partial charge in [0.25, 0.3) is 0 Å². The molecule has 0 atom stereocenters. The summed E-state index contributed by atoms with van der Waals surface area (Å²) < 4.78 is 25.9. The van der Waals surface area contributed by atoms with Crippen molar-refractivity contribution in [3.63, 3.8) is 0 Å². The molecule has 0 aliphatic heterocycles. The normalized spacial score (nSPS) is 14.5. The van der Waals surface area contributed by atoms with Crippen LogP contribution in [0.25, 0.3) is 10.2 Å². The summed E-state index contributed by atoms with van der Waals surface area (Å²) in [6.45, 7) is 35.1. The average Bonchev–Trinajstić information content (AvgIpc) is 4.01. The van der Waals surface area contributed by atoms with E-state index in [0.717, 1.165) is 78.0 Å². The number of aromatic nitrogens is 1. The Balaban J connectivity index is 0.00000132. The third kappa shape index (κ3) is 44.3. The maximum atomic E-state index is 12.4. The second-order valence-corrected chi connectivity index (χ2v) is 25.0. The molecule has 0 unspecified atom stereocenters. The highest BCUT2D eigenvalue weighted by molar-refractivity contribution is 7.93. The average molecular weight is 1170 g/mol. The molecule has 0 amide bonds. The number of hydrogen-bond acceptors (Lipinski definition) is 6. The largest absolute Gasteiger partial charge is 0.298 e. The number of benzene rings is 1. The summed E-state index contributed by atoms with van der Waals surface area (Å²) in [5, 5.41) is 0. The lowest BCUT2D eigenvalue weighted by molar-refractivity contribution is -0.105. The summed E-state index contributed by atoms with van der Waals surface area (Å²) in [5.41, 5.74) is 17.2. The van der Waals surface area contributed by atoms with E-state index < -0.39 is 9.84 Å². The van der Waals surface area contributed by atoms with E-state index in [1.54, 1.807) is 32.1 Å². The fraction of sp³-hybridized carbons (Fsp3) is 0.312. The lowest BCUT2D eigenvalue weighted by atomic mass is 10.1. The fourth-order valence-corrected chi connectivity index (χ4v) is 9.28. The van der Waals surface area contributed by atoms with Gasteiger partial charge < -0.3 is 0 Å². The van der Waals surface area contributed by atoms with Crippen LogP contribution in [0.15, 0.2) is 289 Å². The van der Waals surface area contributed by atoms with Crippen LogP contribution >= 0.6 is 11.3 Å². The Morgan fingerprint density at radius 2 is 0.679 bits per heavy atom. The molecule has 0 bridgehead atoms. The van der Waals surface area contributed by atoms with Gasteiger partial charge in [0.2, 0.25) is 14.2 Å². The highest BCUT2D eigenvalue weighted by Gasteiger charge is 2.18. The van der Waals surface area contributed by atoms with Crippen molar-refractivity contribution in [3.05, 3.63) is 285 Å². The van der Waals surface area contributed by atoms with E-state index in [-0.39, 0.29) is 10.1 Å². The molecule has 0 saturated heterocycles. The molecule has 84 heavy (non-hydrogen) atoms. The molecular formula is C77H101NO4S2. The third-order valence-corrected chi connectivity index (χ3v) is 14.9. The lowest BCUT2D eigenvalue weighted by Crippen LogP contribution is -2.04. The summed E-state index contributed by atoms with van der Waals surface area (Å²) >= 11 is 1.24. The minimum absolute atomic E-state index is 0.0213. The van der Waals surface area contributed by atoms with Crippen molar-refractivity contribution >= 4 is 44.0 Å². The van der Waals surface area contributed by atoms with Crippen molar-refractivity contribution in [2.75, 3.05) is 5.75 Å². The molecular weight excluding hydrogens is 1070 g/mol. The first-order valence-electron chi connectivity index (χ1n) is 29.0. The molecule has 0 radical (unpaired) electrons. The number of carbonyl (C=O) groups excluding carboxylic acids is 2.